The van der Waals surface area contributed by atoms with Crippen molar-refractivity contribution in [1.82, 2.24) is 4.90 Å². The van der Waals surface area contributed by atoms with Gasteiger partial charge in [0.1, 0.15) is 5.60 Å². The van der Waals surface area contributed by atoms with Crippen LogP contribution in [0.2, 0.25) is 0 Å². The van der Waals surface area contributed by atoms with Crippen LogP contribution in [-0.2, 0) is 11.3 Å². The molecule has 4 rings (SSSR count). The van der Waals surface area contributed by atoms with E-state index in [0.29, 0.717) is 25.2 Å². The maximum Gasteiger partial charge on any atom is 0.410 e. The highest BCUT2D eigenvalue weighted by Crippen LogP contribution is 2.22. The third-order valence-electron chi connectivity index (χ3n) is 5.91. The van der Waals surface area contributed by atoms with Crippen molar-refractivity contribution in [2.75, 3.05) is 36.4 Å². The van der Waals surface area contributed by atoms with Gasteiger partial charge >= 0.3 is 6.09 Å². The molecule has 0 atom stereocenters. The van der Waals surface area contributed by atoms with Gasteiger partial charge in [-0.2, -0.15) is 5.26 Å². The first-order chi connectivity index (χ1) is 16.3. The lowest BCUT2D eigenvalue weighted by atomic mass is 10.0. The van der Waals surface area contributed by atoms with Gasteiger partial charge in [-0.3, -0.25) is 0 Å². The largest absolute Gasteiger partial charge is 0.444 e. The molecule has 0 radical (unpaired) electrons. The van der Waals surface area contributed by atoms with Crippen molar-refractivity contribution in [2.24, 2.45) is 0 Å². The fourth-order valence-corrected chi connectivity index (χ4v) is 4.15. The molecule has 3 aromatic rings. The van der Waals surface area contributed by atoms with Gasteiger partial charge in [0, 0.05) is 44.1 Å². The van der Waals surface area contributed by atoms with Crippen LogP contribution in [0.25, 0.3) is 10.8 Å². The lowest BCUT2D eigenvalue weighted by Gasteiger charge is -2.27. The molecule has 1 fully saturated rings. The summed E-state index contributed by atoms with van der Waals surface area (Å²) in [6.45, 7) is 9.47. The van der Waals surface area contributed by atoms with Crippen molar-refractivity contribution < 1.29 is 9.53 Å². The molecule has 3 aromatic carbocycles. The van der Waals surface area contributed by atoms with Crippen LogP contribution in [-0.4, -0.2) is 42.8 Å². The molecule has 1 aliphatic heterocycles. The van der Waals surface area contributed by atoms with Gasteiger partial charge in [0.15, 0.2) is 0 Å². The minimum atomic E-state index is -0.474. The van der Waals surface area contributed by atoms with Gasteiger partial charge < -0.3 is 19.9 Å². The van der Waals surface area contributed by atoms with Gasteiger partial charge in [-0.25, -0.2) is 4.79 Å². The van der Waals surface area contributed by atoms with E-state index in [2.05, 4.69) is 58.8 Å². The first kappa shape index (κ1) is 23.4. The Kier molecular flexibility index (Phi) is 6.93. The van der Waals surface area contributed by atoms with E-state index in [1.54, 1.807) is 0 Å². The number of nitriles is 1. The third kappa shape index (κ3) is 5.99. The maximum absolute atomic E-state index is 12.4. The van der Waals surface area contributed by atoms with E-state index in [9.17, 15) is 4.79 Å². The first-order valence-electron chi connectivity index (χ1n) is 11.8. The summed E-state index contributed by atoms with van der Waals surface area (Å²) in [5.74, 6) is 0. The Morgan fingerprint density at radius 3 is 2.47 bits per heavy atom. The number of rotatable bonds is 4. The van der Waals surface area contributed by atoms with Crippen LogP contribution >= 0.6 is 0 Å². The number of benzene rings is 3. The van der Waals surface area contributed by atoms with Gasteiger partial charge in [-0.1, -0.05) is 18.2 Å². The third-order valence-corrected chi connectivity index (χ3v) is 5.91. The molecule has 34 heavy (non-hydrogen) atoms. The summed E-state index contributed by atoms with van der Waals surface area (Å²) in [6.07, 6.45) is 0.681. The van der Waals surface area contributed by atoms with E-state index in [1.165, 1.54) is 5.56 Å². The van der Waals surface area contributed by atoms with Crippen LogP contribution in [0.15, 0.2) is 60.7 Å². The Balaban J connectivity index is 1.34. The maximum atomic E-state index is 12.4. The predicted molar refractivity (Wildman–Crippen MR) is 137 cm³/mol. The van der Waals surface area contributed by atoms with Crippen LogP contribution in [0.3, 0.4) is 0 Å². The number of carbonyl (C=O) groups excluding carboxylic acids is 1. The summed E-state index contributed by atoms with van der Waals surface area (Å²) in [4.78, 5) is 16.5. The summed E-state index contributed by atoms with van der Waals surface area (Å²) in [5.41, 5.74) is 3.58. The number of hydrogen-bond donors (Lipinski definition) is 1. The topological polar surface area (TPSA) is 68.6 Å². The molecule has 1 saturated heterocycles. The monoisotopic (exact) mass is 456 g/mol. The molecule has 0 unspecified atom stereocenters. The number of nitrogens with zero attached hydrogens (tertiary/aromatic N) is 3. The molecule has 1 heterocycles. The highest BCUT2D eigenvalue weighted by atomic mass is 16.6. The standard InChI is InChI=1S/C28H32N4O2/c1-28(2,3)34-27(33)32-14-4-13-31(15-16-32)26-11-9-25(10-12-26)30-20-22-6-8-23-7-5-21(19-29)17-24(23)18-22/h5-12,17-18,30H,4,13-16,20H2,1-3H3. The van der Waals surface area contributed by atoms with Gasteiger partial charge in [0.05, 0.1) is 11.6 Å². The minimum absolute atomic E-state index is 0.230. The first-order valence-corrected chi connectivity index (χ1v) is 11.8. The second-order valence-corrected chi connectivity index (χ2v) is 9.72. The van der Waals surface area contributed by atoms with Crippen LogP contribution in [0.1, 0.15) is 38.3 Å². The molecule has 1 aliphatic rings. The zero-order valence-electron chi connectivity index (χ0n) is 20.2. The number of ether oxygens (including phenoxy) is 1. The smallest absolute Gasteiger partial charge is 0.410 e. The van der Waals surface area contributed by atoms with Crippen molar-refractivity contribution in [3.05, 3.63) is 71.8 Å². The van der Waals surface area contributed by atoms with Gasteiger partial charge in [0.2, 0.25) is 0 Å². The lowest BCUT2D eigenvalue weighted by molar-refractivity contribution is 0.0263. The quantitative estimate of drug-likeness (QED) is 0.540. The van der Waals surface area contributed by atoms with E-state index < -0.39 is 5.60 Å². The molecule has 0 bridgehead atoms. The Bertz CT molecular complexity index is 1190. The van der Waals surface area contributed by atoms with E-state index in [-0.39, 0.29) is 6.09 Å². The molecule has 6 heteroatoms. The normalized spacial score (nSPS) is 14.4. The van der Waals surface area contributed by atoms with Crippen LogP contribution < -0.4 is 10.2 Å². The summed E-state index contributed by atoms with van der Waals surface area (Å²) in [6, 6.07) is 22.8. The van der Waals surface area contributed by atoms with Crippen molar-refractivity contribution in [3.63, 3.8) is 0 Å². The van der Waals surface area contributed by atoms with E-state index in [1.807, 2.05) is 43.9 Å². The number of anilines is 2. The average Bonchev–Trinajstić information content (AvgIpc) is 3.08. The Labute approximate surface area is 201 Å². The van der Waals surface area contributed by atoms with E-state index in [4.69, 9.17) is 10.00 Å². The van der Waals surface area contributed by atoms with Gasteiger partial charge in [0.25, 0.3) is 0 Å². The van der Waals surface area contributed by atoms with Crippen LogP contribution in [0, 0.1) is 11.3 Å². The summed E-state index contributed by atoms with van der Waals surface area (Å²) in [7, 11) is 0. The molecule has 0 spiro atoms. The molecule has 0 aromatic heterocycles. The zero-order chi connectivity index (χ0) is 24.1. The molecule has 1 N–H and O–H groups in total. The predicted octanol–water partition coefficient (Wildman–Crippen LogP) is 5.77. The second kappa shape index (κ2) is 10.0. The number of hydrogen-bond acceptors (Lipinski definition) is 5. The van der Waals surface area contributed by atoms with Crippen molar-refractivity contribution in [1.29, 1.82) is 5.26 Å². The van der Waals surface area contributed by atoms with E-state index in [0.717, 1.165) is 41.7 Å². The van der Waals surface area contributed by atoms with Crippen molar-refractivity contribution in [3.8, 4) is 6.07 Å². The van der Waals surface area contributed by atoms with Crippen LogP contribution in [0.4, 0.5) is 16.2 Å². The van der Waals surface area contributed by atoms with Gasteiger partial charge in [-0.05, 0) is 86.0 Å². The van der Waals surface area contributed by atoms with Gasteiger partial charge in [-0.15, -0.1) is 0 Å². The van der Waals surface area contributed by atoms with Crippen molar-refractivity contribution >= 4 is 28.2 Å². The zero-order valence-corrected chi connectivity index (χ0v) is 20.2. The Morgan fingerprint density at radius 1 is 0.971 bits per heavy atom. The van der Waals surface area contributed by atoms with E-state index >= 15 is 0 Å². The summed E-state index contributed by atoms with van der Waals surface area (Å²) >= 11 is 0. The molecular weight excluding hydrogens is 424 g/mol. The van der Waals surface area contributed by atoms with Crippen LogP contribution in [0.5, 0.6) is 0 Å². The highest BCUT2D eigenvalue weighted by Gasteiger charge is 2.24. The fourth-order valence-electron chi connectivity index (χ4n) is 4.15. The number of amides is 1. The Hall–Kier alpha value is -3.72. The molecular formula is C28H32N4O2. The average molecular weight is 457 g/mol. The summed E-state index contributed by atoms with van der Waals surface area (Å²) in [5, 5.41) is 14.8. The second-order valence-electron chi connectivity index (χ2n) is 9.72. The lowest BCUT2D eigenvalue weighted by Crippen LogP contribution is -2.39. The molecule has 1 amide bonds. The number of fused-ring (bicyclic) bond motifs is 1. The molecule has 0 saturated carbocycles. The summed E-state index contributed by atoms with van der Waals surface area (Å²) < 4.78 is 5.53. The Morgan fingerprint density at radius 2 is 1.74 bits per heavy atom. The highest BCUT2D eigenvalue weighted by molar-refractivity contribution is 5.84. The SMILES string of the molecule is CC(C)(C)OC(=O)N1CCCN(c2ccc(NCc3ccc4ccc(C#N)cc4c3)cc2)CC1. The molecule has 176 valence electrons. The van der Waals surface area contributed by atoms with Crippen molar-refractivity contribution in [2.45, 2.75) is 39.3 Å². The fraction of sp³-hybridized carbons (Fsp3) is 0.357. The number of carbonyl (C=O) groups is 1. The number of nitrogens with one attached hydrogen (secondary N) is 1. The molecule has 0 aliphatic carbocycles. The molecule has 6 nitrogen and oxygen atoms in total. The minimum Gasteiger partial charge on any atom is -0.444 e.